The monoisotopic (exact) mass is 619 g/mol. The van der Waals surface area contributed by atoms with Gasteiger partial charge in [-0.15, -0.1) is 0 Å². The van der Waals surface area contributed by atoms with Crippen LogP contribution in [0.4, 0.5) is 29.3 Å². The molecule has 0 radical (unpaired) electrons. The van der Waals surface area contributed by atoms with Gasteiger partial charge in [-0.3, -0.25) is 25.0 Å². The third kappa shape index (κ3) is 5.96. The van der Waals surface area contributed by atoms with E-state index in [-0.39, 0.29) is 17.0 Å². The number of benzene rings is 3. The Morgan fingerprint density at radius 3 is 2.33 bits per heavy atom. The molecule has 4 amide bonds. The third-order valence-corrected chi connectivity index (χ3v) is 5.98. The molecule has 1 aliphatic heterocycles. The Labute approximate surface area is 232 Å². The van der Waals surface area contributed by atoms with Crippen molar-refractivity contribution in [1.82, 2.24) is 5.32 Å². The summed E-state index contributed by atoms with van der Waals surface area (Å²) in [7, 11) is 0. The minimum Gasteiger partial charge on any atom is -0.494 e. The molecule has 1 N–H and O–H groups in total. The summed E-state index contributed by atoms with van der Waals surface area (Å²) in [5.74, 6) is -2.11. The molecule has 1 heterocycles. The molecule has 0 unspecified atom stereocenters. The number of nitro groups is 1. The Morgan fingerprint density at radius 2 is 1.70 bits per heavy atom. The van der Waals surface area contributed by atoms with Crippen LogP contribution in [0, 0.1) is 10.1 Å². The van der Waals surface area contributed by atoms with Crippen molar-refractivity contribution in [3.8, 4) is 17.2 Å². The normalized spacial score (nSPS) is 14.8. The highest BCUT2D eigenvalue weighted by atomic mass is 79.9. The second-order valence-electron chi connectivity index (χ2n) is 8.11. The molecule has 1 fully saturated rings. The molecule has 1 saturated heterocycles. The SMILES string of the molecule is CCOc1ccc(N2C(=O)NC(=O)/C(=C\c3cc(Br)ccc3Oc3ccc(C(F)(F)F)cc3[N+](=O)[O-])C2=O)cc1. The Morgan fingerprint density at radius 1 is 1.02 bits per heavy atom. The molecule has 10 nitrogen and oxygen atoms in total. The standard InChI is InChI=1S/C26H17BrF3N3O7/c1-2-39-18-7-5-17(6-8-18)32-24(35)19(23(34)31-25(32)36)12-14-11-16(27)4-10-21(14)40-22-9-3-15(26(28,29)30)13-20(22)33(37)38/h3-13H,2H2,1H3,(H,31,34,36)/b19-12+. The van der Waals surface area contributed by atoms with Crippen molar-refractivity contribution in [2.75, 3.05) is 11.5 Å². The van der Waals surface area contributed by atoms with Crippen LogP contribution in [0.5, 0.6) is 17.2 Å². The van der Waals surface area contributed by atoms with Gasteiger partial charge in [0.05, 0.1) is 22.8 Å². The summed E-state index contributed by atoms with van der Waals surface area (Å²) in [6, 6.07) is 11.0. The van der Waals surface area contributed by atoms with Crippen LogP contribution < -0.4 is 19.7 Å². The van der Waals surface area contributed by atoms with Gasteiger partial charge in [-0.05, 0) is 67.6 Å². The van der Waals surface area contributed by atoms with Gasteiger partial charge in [0, 0.05) is 16.1 Å². The van der Waals surface area contributed by atoms with Crippen LogP contribution in [0.2, 0.25) is 0 Å². The van der Waals surface area contributed by atoms with Crippen LogP contribution in [0.3, 0.4) is 0 Å². The number of amides is 4. The number of anilines is 1. The number of halogens is 4. The second kappa shape index (κ2) is 11.2. The van der Waals surface area contributed by atoms with Crippen molar-refractivity contribution < 1.29 is 42.0 Å². The highest BCUT2D eigenvalue weighted by Crippen LogP contribution is 2.39. The topological polar surface area (TPSA) is 128 Å². The van der Waals surface area contributed by atoms with E-state index in [1.165, 1.54) is 42.5 Å². The molecule has 0 bridgehead atoms. The number of ether oxygens (including phenoxy) is 2. The van der Waals surface area contributed by atoms with E-state index in [2.05, 4.69) is 21.2 Å². The van der Waals surface area contributed by atoms with E-state index in [0.29, 0.717) is 29.0 Å². The van der Waals surface area contributed by atoms with E-state index in [0.717, 1.165) is 17.0 Å². The molecule has 0 atom stereocenters. The van der Waals surface area contributed by atoms with Crippen molar-refractivity contribution >= 4 is 51.2 Å². The molecule has 0 aromatic heterocycles. The van der Waals surface area contributed by atoms with Crippen molar-refractivity contribution in [2.24, 2.45) is 0 Å². The molecule has 0 aliphatic carbocycles. The minimum absolute atomic E-state index is 0.0584. The number of carbonyl (C=O) groups is 3. The average molecular weight is 620 g/mol. The lowest BCUT2D eigenvalue weighted by Crippen LogP contribution is -2.54. The van der Waals surface area contributed by atoms with Gasteiger partial charge in [-0.25, -0.2) is 9.69 Å². The molecule has 3 aromatic carbocycles. The summed E-state index contributed by atoms with van der Waals surface area (Å²) in [6.45, 7) is 2.18. The first-order valence-electron chi connectivity index (χ1n) is 11.4. The molecule has 3 aromatic rings. The van der Waals surface area contributed by atoms with E-state index >= 15 is 0 Å². The molecular formula is C26H17BrF3N3O7. The van der Waals surface area contributed by atoms with Crippen LogP contribution in [-0.4, -0.2) is 29.4 Å². The number of barbiturate groups is 1. The number of hydrogen-bond donors (Lipinski definition) is 1. The summed E-state index contributed by atoms with van der Waals surface area (Å²) >= 11 is 3.24. The largest absolute Gasteiger partial charge is 0.494 e. The lowest BCUT2D eigenvalue weighted by molar-refractivity contribution is -0.385. The van der Waals surface area contributed by atoms with E-state index < -0.39 is 51.5 Å². The van der Waals surface area contributed by atoms with Crippen LogP contribution in [0.1, 0.15) is 18.1 Å². The highest BCUT2D eigenvalue weighted by molar-refractivity contribution is 9.10. The molecular weight excluding hydrogens is 603 g/mol. The van der Waals surface area contributed by atoms with E-state index in [1.807, 2.05) is 0 Å². The molecule has 14 heteroatoms. The van der Waals surface area contributed by atoms with Gasteiger partial charge < -0.3 is 9.47 Å². The third-order valence-electron chi connectivity index (χ3n) is 5.48. The lowest BCUT2D eigenvalue weighted by atomic mass is 10.1. The molecule has 0 spiro atoms. The van der Waals surface area contributed by atoms with Crippen LogP contribution in [-0.2, 0) is 15.8 Å². The minimum atomic E-state index is -4.82. The Kier molecular flexibility index (Phi) is 7.91. The Balaban J connectivity index is 1.73. The quantitative estimate of drug-likeness (QED) is 0.144. The van der Waals surface area contributed by atoms with Gasteiger partial charge in [-0.1, -0.05) is 15.9 Å². The van der Waals surface area contributed by atoms with Crippen molar-refractivity contribution in [2.45, 2.75) is 13.1 Å². The number of nitrogens with zero attached hydrogens (tertiary/aromatic N) is 2. The Hall–Kier alpha value is -4.72. The lowest BCUT2D eigenvalue weighted by Gasteiger charge is -2.26. The first kappa shape index (κ1) is 28.3. The summed E-state index contributed by atoms with van der Waals surface area (Å²) in [6.07, 6.45) is -3.72. The van der Waals surface area contributed by atoms with Gasteiger partial charge in [0.1, 0.15) is 17.1 Å². The fourth-order valence-electron chi connectivity index (χ4n) is 3.67. The fourth-order valence-corrected chi connectivity index (χ4v) is 4.05. The van der Waals surface area contributed by atoms with Crippen molar-refractivity contribution in [3.05, 3.63) is 92.0 Å². The molecule has 206 valence electrons. The molecule has 4 rings (SSSR count). The maximum Gasteiger partial charge on any atom is 0.416 e. The zero-order valence-electron chi connectivity index (χ0n) is 20.3. The van der Waals surface area contributed by atoms with Crippen molar-refractivity contribution in [3.63, 3.8) is 0 Å². The predicted molar refractivity (Wildman–Crippen MR) is 139 cm³/mol. The van der Waals surface area contributed by atoms with Gasteiger partial charge in [0.25, 0.3) is 11.8 Å². The van der Waals surface area contributed by atoms with Gasteiger partial charge in [-0.2, -0.15) is 13.2 Å². The van der Waals surface area contributed by atoms with E-state index in [9.17, 15) is 37.7 Å². The number of alkyl halides is 3. The molecule has 40 heavy (non-hydrogen) atoms. The summed E-state index contributed by atoms with van der Waals surface area (Å²) in [4.78, 5) is 49.7. The highest BCUT2D eigenvalue weighted by Gasteiger charge is 2.37. The average Bonchev–Trinajstić information content (AvgIpc) is 2.88. The Bertz CT molecular complexity index is 1560. The smallest absolute Gasteiger partial charge is 0.416 e. The summed E-state index contributed by atoms with van der Waals surface area (Å²) in [5.41, 5.74) is -2.46. The van der Waals surface area contributed by atoms with Crippen LogP contribution >= 0.6 is 15.9 Å². The maximum absolute atomic E-state index is 13.3. The number of nitrogens with one attached hydrogen (secondary N) is 1. The van der Waals surface area contributed by atoms with E-state index in [4.69, 9.17) is 9.47 Å². The van der Waals surface area contributed by atoms with E-state index in [1.54, 1.807) is 6.92 Å². The number of imide groups is 2. The summed E-state index contributed by atoms with van der Waals surface area (Å²) < 4.78 is 50.7. The van der Waals surface area contributed by atoms with Gasteiger partial charge >= 0.3 is 17.9 Å². The van der Waals surface area contributed by atoms with Gasteiger partial charge in [0.15, 0.2) is 0 Å². The number of urea groups is 1. The summed E-state index contributed by atoms with van der Waals surface area (Å²) in [5, 5.41) is 13.6. The fraction of sp³-hybridized carbons (Fsp3) is 0.115. The van der Waals surface area contributed by atoms with Crippen LogP contribution in [0.15, 0.2) is 70.7 Å². The van der Waals surface area contributed by atoms with Gasteiger partial charge in [0.2, 0.25) is 5.75 Å². The van der Waals surface area contributed by atoms with Crippen molar-refractivity contribution in [1.29, 1.82) is 0 Å². The zero-order valence-corrected chi connectivity index (χ0v) is 21.9. The number of rotatable bonds is 7. The molecule has 0 saturated carbocycles. The number of carbonyl (C=O) groups excluding carboxylic acids is 3. The number of hydrogen-bond acceptors (Lipinski definition) is 7. The van der Waals surface area contributed by atoms with Crippen LogP contribution in [0.25, 0.3) is 6.08 Å². The first-order chi connectivity index (χ1) is 18.9. The zero-order chi connectivity index (χ0) is 29.2. The second-order valence-corrected chi connectivity index (χ2v) is 9.02. The number of nitro benzene ring substituents is 1. The maximum atomic E-state index is 13.3. The molecule has 1 aliphatic rings. The predicted octanol–water partition coefficient (Wildman–Crippen LogP) is 6.23. The first-order valence-corrected chi connectivity index (χ1v) is 12.2.